The van der Waals surface area contributed by atoms with Crippen LogP contribution in [0.4, 0.5) is 24.9 Å². The van der Waals surface area contributed by atoms with Gasteiger partial charge in [0.05, 0.1) is 5.52 Å². The lowest BCUT2D eigenvalue weighted by Gasteiger charge is -2.36. The average Bonchev–Trinajstić information content (AvgIpc) is 3.38. The Bertz CT molecular complexity index is 1240. The zero-order chi connectivity index (χ0) is 23.5. The standard InChI is InChI=1S/C23H22F3N7S/c24-23(25,26)19-3-2-17-20(31-19)18(16-4-13-34-15-16)14-30-21(17)33-11-9-32(10-12-33)8-7-29-22-27-5-1-6-28-22/h1-6,13-15H,7-12H2,(H,27,28,29). The van der Waals surface area contributed by atoms with Crippen molar-refractivity contribution in [1.29, 1.82) is 0 Å². The molecule has 4 aromatic heterocycles. The number of hydrogen-bond acceptors (Lipinski definition) is 8. The molecule has 1 aliphatic heterocycles. The van der Waals surface area contributed by atoms with Crippen LogP contribution < -0.4 is 10.2 Å². The zero-order valence-electron chi connectivity index (χ0n) is 18.2. The van der Waals surface area contributed by atoms with Gasteiger partial charge in [0, 0.05) is 68.8 Å². The molecule has 0 radical (unpaired) electrons. The van der Waals surface area contributed by atoms with E-state index in [1.165, 1.54) is 17.4 Å². The second-order valence-corrected chi connectivity index (χ2v) is 8.71. The van der Waals surface area contributed by atoms with Crippen LogP contribution in [0, 0.1) is 0 Å². The van der Waals surface area contributed by atoms with Gasteiger partial charge in [-0.3, -0.25) is 4.90 Å². The Kier molecular flexibility index (Phi) is 6.29. The molecule has 0 spiro atoms. The van der Waals surface area contributed by atoms with Crippen molar-refractivity contribution in [2.75, 3.05) is 49.5 Å². The molecular formula is C23H22F3N7S. The molecule has 0 amide bonds. The number of nitrogens with one attached hydrogen (secondary N) is 1. The minimum absolute atomic E-state index is 0.327. The number of thiophene rings is 1. The first-order valence-electron chi connectivity index (χ1n) is 10.9. The van der Waals surface area contributed by atoms with Gasteiger partial charge in [-0.15, -0.1) is 0 Å². The fourth-order valence-electron chi connectivity index (χ4n) is 4.04. The lowest BCUT2D eigenvalue weighted by molar-refractivity contribution is -0.140. The summed E-state index contributed by atoms with van der Waals surface area (Å²) < 4.78 is 40.2. The van der Waals surface area contributed by atoms with E-state index in [1.54, 1.807) is 24.7 Å². The smallest absolute Gasteiger partial charge is 0.353 e. The van der Waals surface area contributed by atoms with Crippen LogP contribution in [0.2, 0.25) is 0 Å². The molecule has 176 valence electrons. The minimum atomic E-state index is -4.51. The number of fused-ring (bicyclic) bond motifs is 1. The fraction of sp³-hybridized carbons (Fsp3) is 0.304. The summed E-state index contributed by atoms with van der Waals surface area (Å²) in [5, 5.41) is 7.62. The third-order valence-corrected chi connectivity index (χ3v) is 6.46. The van der Waals surface area contributed by atoms with Crippen molar-refractivity contribution in [1.82, 2.24) is 24.8 Å². The Labute approximate surface area is 198 Å². The molecule has 7 nitrogen and oxygen atoms in total. The van der Waals surface area contributed by atoms with Crippen molar-refractivity contribution >= 4 is 34.0 Å². The number of anilines is 2. The number of hydrogen-bond donors (Lipinski definition) is 1. The first kappa shape index (κ1) is 22.5. The van der Waals surface area contributed by atoms with Crippen LogP contribution in [0.5, 0.6) is 0 Å². The van der Waals surface area contributed by atoms with Gasteiger partial charge >= 0.3 is 6.18 Å². The molecule has 0 bridgehead atoms. The van der Waals surface area contributed by atoms with E-state index in [1.807, 2.05) is 16.8 Å². The molecule has 1 N–H and O–H groups in total. The zero-order valence-corrected chi connectivity index (χ0v) is 19.0. The Morgan fingerprint density at radius 3 is 2.50 bits per heavy atom. The third-order valence-electron chi connectivity index (χ3n) is 5.78. The van der Waals surface area contributed by atoms with Gasteiger partial charge < -0.3 is 10.2 Å². The molecule has 0 unspecified atom stereocenters. The molecule has 1 fully saturated rings. The van der Waals surface area contributed by atoms with Crippen molar-refractivity contribution in [2.45, 2.75) is 6.18 Å². The maximum absolute atomic E-state index is 13.4. The maximum Gasteiger partial charge on any atom is 0.433 e. The lowest BCUT2D eigenvalue weighted by Crippen LogP contribution is -2.48. The SMILES string of the molecule is FC(F)(F)c1ccc2c(N3CCN(CCNc4ncccn4)CC3)ncc(-c3ccsc3)c2n1. The van der Waals surface area contributed by atoms with Crippen LogP contribution >= 0.6 is 11.3 Å². The average molecular weight is 486 g/mol. The first-order chi connectivity index (χ1) is 16.5. The molecule has 0 saturated carbocycles. The quantitative estimate of drug-likeness (QED) is 0.434. The number of nitrogens with zero attached hydrogens (tertiary/aromatic N) is 6. The molecule has 4 aromatic rings. The highest BCUT2D eigenvalue weighted by Gasteiger charge is 2.33. The van der Waals surface area contributed by atoms with Crippen LogP contribution in [0.3, 0.4) is 0 Å². The summed E-state index contributed by atoms with van der Waals surface area (Å²) in [6.45, 7) is 4.66. The van der Waals surface area contributed by atoms with Crippen molar-refractivity contribution in [2.24, 2.45) is 0 Å². The second-order valence-electron chi connectivity index (χ2n) is 7.93. The molecule has 0 aromatic carbocycles. The third kappa shape index (κ3) is 4.80. The van der Waals surface area contributed by atoms with Crippen molar-refractivity contribution in [3.63, 3.8) is 0 Å². The van der Waals surface area contributed by atoms with E-state index in [0.717, 1.165) is 50.9 Å². The highest BCUT2D eigenvalue weighted by Crippen LogP contribution is 2.36. The van der Waals surface area contributed by atoms with E-state index in [-0.39, 0.29) is 0 Å². The van der Waals surface area contributed by atoms with Gasteiger partial charge in [-0.25, -0.2) is 19.9 Å². The molecule has 5 rings (SSSR count). The minimum Gasteiger partial charge on any atom is -0.353 e. The summed E-state index contributed by atoms with van der Waals surface area (Å²) in [7, 11) is 0. The lowest BCUT2D eigenvalue weighted by atomic mass is 10.1. The molecule has 34 heavy (non-hydrogen) atoms. The fourth-order valence-corrected chi connectivity index (χ4v) is 4.70. The number of piperazine rings is 1. The number of rotatable bonds is 6. The number of halogens is 3. The molecule has 1 aliphatic rings. The van der Waals surface area contributed by atoms with E-state index in [4.69, 9.17) is 0 Å². The molecular weight excluding hydrogens is 463 g/mol. The molecule has 5 heterocycles. The highest BCUT2D eigenvalue weighted by molar-refractivity contribution is 7.08. The van der Waals surface area contributed by atoms with Gasteiger partial charge in [-0.2, -0.15) is 24.5 Å². The van der Waals surface area contributed by atoms with Gasteiger partial charge in [0.25, 0.3) is 0 Å². The van der Waals surface area contributed by atoms with E-state index < -0.39 is 11.9 Å². The van der Waals surface area contributed by atoms with E-state index in [2.05, 4.69) is 35.1 Å². The first-order valence-corrected chi connectivity index (χ1v) is 11.8. The summed E-state index contributed by atoms with van der Waals surface area (Å²) in [6.07, 6.45) is 0.528. The molecule has 0 atom stereocenters. The monoisotopic (exact) mass is 485 g/mol. The van der Waals surface area contributed by atoms with Crippen LogP contribution in [0.15, 0.2) is 53.6 Å². The summed E-state index contributed by atoms with van der Waals surface area (Å²) in [6, 6.07) is 6.18. The Hall–Kier alpha value is -3.31. The van der Waals surface area contributed by atoms with E-state index >= 15 is 0 Å². The van der Waals surface area contributed by atoms with Gasteiger partial charge in [0.2, 0.25) is 5.95 Å². The van der Waals surface area contributed by atoms with Crippen molar-refractivity contribution in [3.05, 3.63) is 59.3 Å². The summed E-state index contributed by atoms with van der Waals surface area (Å²) in [4.78, 5) is 21.5. The number of pyridine rings is 2. The molecule has 11 heteroatoms. The van der Waals surface area contributed by atoms with Crippen molar-refractivity contribution < 1.29 is 13.2 Å². The predicted octanol–water partition coefficient (Wildman–Crippen LogP) is 4.40. The van der Waals surface area contributed by atoms with Gasteiger partial charge in [0.1, 0.15) is 11.5 Å². The van der Waals surface area contributed by atoms with Gasteiger partial charge in [-0.05, 0) is 40.6 Å². The van der Waals surface area contributed by atoms with Crippen LogP contribution in [-0.4, -0.2) is 64.1 Å². The van der Waals surface area contributed by atoms with E-state index in [0.29, 0.717) is 28.2 Å². The normalized spacial score (nSPS) is 15.1. The Morgan fingerprint density at radius 1 is 1.00 bits per heavy atom. The van der Waals surface area contributed by atoms with Gasteiger partial charge in [0.15, 0.2) is 0 Å². The van der Waals surface area contributed by atoms with Crippen LogP contribution in [0.25, 0.3) is 22.0 Å². The predicted molar refractivity (Wildman–Crippen MR) is 127 cm³/mol. The van der Waals surface area contributed by atoms with Crippen molar-refractivity contribution in [3.8, 4) is 11.1 Å². The Balaban J connectivity index is 1.33. The van der Waals surface area contributed by atoms with Crippen LogP contribution in [0.1, 0.15) is 5.69 Å². The summed E-state index contributed by atoms with van der Waals surface area (Å²) in [5.41, 5.74) is 0.862. The van der Waals surface area contributed by atoms with Gasteiger partial charge in [-0.1, -0.05) is 0 Å². The van der Waals surface area contributed by atoms with Crippen LogP contribution in [-0.2, 0) is 6.18 Å². The Morgan fingerprint density at radius 2 is 1.79 bits per heavy atom. The molecule has 0 aliphatic carbocycles. The number of aromatic nitrogens is 4. The summed E-state index contributed by atoms with van der Waals surface area (Å²) >= 11 is 1.48. The second kappa shape index (κ2) is 9.51. The van der Waals surface area contributed by atoms with E-state index in [9.17, 15) is 13.2 Å². The summed E-state index contributed by atoms with van der Waals surface area (Å²) in [5.74, 6) is 1.28. The highest BCUT2D eigenvalue weighted by atomic mass is 32.1. The topological polar surface area (TPSA) is 70.1 Å². The number of alkyl halides is 3. The maximum atomic E-state index is 13.4. The molecule has 1 saturated heterocycles. The largest absolute Gasteiger partial charge is 0.433 e.